The number of pyridine rings is 1. The fourth-order valence-corrected chi connectivity index (χ4v) is 3.01. The third-order valence-corrected chi connectivity index (χ3v) is 4.27. The molecule has 2 nitrogen and oxygen atoms in total. The van der Waals surface area contributed by atoms with E-state index in [0.29, 0.717) is 6.07 Å². The second-order valence-corrected chi connectivity index (χ2v) is 5.89. The van der Waals surface area contributed by atoms with Crippen molar-refractivity contribution in [2.24, 2.45) is 0 Å². The van der Waals surface area contributed by atoms with Crippen molar-refractivity contribution in [2.45, 2.75) is 26.2 Å². The molecule has 0 spiro atoms. The number of hydrogen-bond acceptors (Lipinski definition) is 2. The van der Waals surface area contributed by atoms with Gasteiger partial charge in [-0.2, -0.15) is 26.3 Å². The van der Waals surface area contributed by atoms with Crippen LogP contribution in [-0.4, -0.2) is 16.9 Å². The Kier molecular flexibility index (Phi) is 3.97. The number of fused-ring (bicyclic) bond motifs is 3. The van der Waals surface area contributed by atoms with Crippen LogP contribution in [0.4, 0.5) is 26.3 Å². The Morgan fingerprint density at radius 2 is 1.50 bits per heavy atom. The monoisotopic (exact) mass is 371 g/mol. The van der Waals surface area contributed by atoms with Crippen molar-refractivity contribution in [3.63, 3.8) is 0 Å². The maximum Gasteiger partial charge on any atom is 0.454 e. The lowest BCUT2D eigenvalue weighted by Gasteiger charge is -2.18. The number of Topliss-reactive ketones (excluding diaryl/α,β-unsaturated/α-hetero) is 1. The summed E-state index contributed by atoms with van der Waals surface area (Å²) in [6, 6.07) is 6.14. The molecule has 0 bridgehead atoms. The molecule has 0 atom stereocenters. The van der Waals surface area contributed by atoms with Crippen molar-refractivity contribution in [1.29, 1.82) is 0 Å². The molecule has 0 radical (unpaired) electrons. The lowest BCUT2D eigenvalue weighted by Crippen LogP contribution is -2.23. The van der Waals surface area contributed by atoms with Crippen molar-refractivity contribution in [3.05, 3.63) is 52.7 Å². The Morgan fingerprint density at radius 1 is 0.923 bits per heavy atom. The smallest absolute Gasteiger partial charge is 0.284 e. The van der Waals surface area contributed by atoms with E-state index in [1.165, 1.54) is 38.1 Å². The van der Waals surface area contributed by atoms with Crippen LogP contribution < -0.4 is 0 Å². The van der Waals surface area contributed by atoms with Gasteiger partial charge in [-0.05, 0) is 30.9 Å². The first kappa shape index (κ1) is 18.2. The van der Waals surface area contributed by atoms with E-state index >= 15 is 0 Å². The molecule has 2 aromatic carbocycles. The lowest BCUT2D eigenvalue weighted by atomic mass is 9.93. The second-order valence-electron chi connectivity index (χ2n) is 5.89. The van der Waals surface area contributed by atoms with E-state index < -0.39 is 34.6 Å². The van der Waals surface area contributed by atoms with Crippen LogP contribution in [0.25, 0.3) is 21.7 Å². The Morgan fingerprint density at radius 3 is 2.04 bits per heavy atom. The van der Waals surface area contributed by atoms with Crippen LogP contribution in [-0.2, 0) is 6.18 Å². The van der Waals surface area contributed by atoms with Gasteiger partial charge in [0.05, 0.1) is 11.1 Å². The highest BCUT2D eigenvalue weighted by Gasteiger charge is 2.41. The van der Waals surface area contributed by atoms with Gasteiger partial charge < -0.3 is 0 Å². The molecule has 0 unspecified atom stereocenters. The van der Waals surface area contributed by atoms with Crippen molar-refractivity contribution in [2.75, 3.05) is 0 Å². The predicted molar refractivity (Wildman–Crippen MR) is 84.1 cm³/mol. The van der Waals surface area contributed by atoms with Crippen LogP contribution in [0.15, 0.2) is 30.3 Å². The number of halogens is 6. The standard InChI is InChI=1S/C18H11F6NO/c1-8-9(2)25-15-11-6-4-3-5-10(11)12(16(26)18(22,23)24)7-13(15)14(8)17(19,20)21/h3-7H,1-2H3. The molecule has 0 amide bonds. The first-order chi connectivity index (χ1) is 11.9. The normalized spacial score (nSPS) is 12.8. The van der Waals surface area contributed by atoms with Gasteiger partial charge >= 0.3 is 12.4 Å². The molecule has 0 aliphatic rings. The summed E-state index contributed by atoms with van der Waals surface area (Å²) in [5, 5.41) is -0.552. The van der Waals surface area contributed by atoms with Crippen molar-refractivity contribution in [1.82, 2.24) is 4.98 Å². The molecule has 1 aromatic heterocycles. The number of aromatic nitrogens is 1. The number of carbonyl (C=O) groups excluding carboxylic acids is 1. The van der Waals surface area contributed by atoms with E-state index in [4.69, 9.17) is 0 Å². The SMILES string of the molecule is Cc1nc2c(cc(C(=O)C(F)(F)F)c3ccccc32)c(C(F)(F)F)c1C. The minimum Gasteiger partial charge on any atom is -0.284 e. The molecule has 0 saturated heterocycles. The highest BCUT2D eigenvalue weighted by Crippen LogP contribution is 2.41. The molecule has 0 saturated carbocycles. The van der Waals surface area contributed by atoms with Gasteiger partial charge in [0, 0.05) is 22.0 Å². The average Bonchev–Trinajstić information content (AvgIpc) is 2.53. The van der Waals surface area contributed by atoms with E-state index in [1.54, 1.807) is 0 Å². The van der Waals surface area contributed by atoms with Gasteiger partial charge in [-0.1, -0.05) is 24.3 Å². The molecule has 0 aliphatic heterocycles. The largest absolute Gasteiger partial charge is 0.454 e. The van der Waals surface area contributed by atoms with E-state index in [0.717, 1.165) is 0 Å². The number of rotatable bonds is 1. The summed E-state index contributed by atoms with van der Waals surface area (Å²) in [5.74, 6) is -2.19. The van der Waals surface area contributed by atoms with Crippen LogP contribution in [0.3, 0.4) is 0 Å². The van der Waals surface area contributed by atoms with Gasteiger partial charge in [-0.25, -0.2) is 0 Å². The first-order valence-electron chi connectivity index (χ1n) is 7.44. The van der Waals surface area contributed by atoms with E-state index in [-0.39, 0.29) is 27.5 Å². The summed E-state index contributed by atoms with van der Waals surface area (Å²) in [7, 11) is 0. The zero-order valence-corrected chi connectivity index (χ0v) is 13.5. The number of ketones is 1. The summed E-state index contributed by atoms with van der Waals surface area (Å²) in [6.45, 7) is 2.60. The zero-order chi connectivity index (χ0) is 19.4. The summed E-state index contributed by atoms with van der Waals surface area (Å²) < 4.78 is 79.6. The van der Waals surface area contributed by atoms with E-state index in [1.807, 2.05) is 0 Å². The number of benzene rings is 2. The summed E-state index contributed by atoms with van der Waals surface area (Å²) in [4.78, 5) is 16.0. The predicted octanol–water partition coefficient (Wildman–Crippen LogP) is 5.77. The molecule has 0 fully saturated rings. The number of nitrogens with zero attached hydrogens (tertiary/aromatic N) is 1. The van der Waals surface area contributed by atoms with Gasteiger partial charge in [0.2, 0.25) is 0 Å². The minimum atomic E-state index is -5.21. The Hall–Kier alpha value is -2.64. The molecule has 0 N–H and O–H groups in total. The second kappa shape index (κ2) is 5.69. The Balaban J connectivity index is 2.58. The molecule has 3 rings (SSSR count). The summed E-state index contributed by atoms with van der Waals surface area (Å²) in [6.07, 6.45) is -10.0. The van der Waals surface area contributed by atoms with Crippen molar-refractivity contribution < 1.29 is 31.1 Å². The van der Waals surface area contributed by atoms with E-state index in [2.05, 4.69) is 4.98 Å². The lowest BCUT2D eigenvalue weighted by molar-refractivity contribution is -0.136. The van der Waals surface area contributed by atoms with Crippen LogP contribution >= 0.6 is 0 Å². The third-order valence-electron chi connectivity index (χ3n) is 4.27. The molecule has 0 aliphatic carbocycles. The Labute approximate surface area is 143 Å². The average molecular weight is 371 g/mol. The number of alkyl halides is 6. The maximum atomic E-state index is 13.6. The topological polar surface area (TPSA) is 30.0 Å². The van der Waals surface area contributed by atoms with Crippen molar-refractivity contribution in [3.8, 4) is 0 Å². The van der Waals surface area contributed by atoms with Crippen LogP contribution in [0.5, 0.6) is 0 Å². The fraction of sp³-hybridized carbons (Fsp3) is 0.222. The van der Waals surface area contributed by atoms with Crippen LogP contribution in [0, 0.1) is 13.8 Å². The third kappa shape index (κ3) is 2.79. The zero-order valence-electron chi connectivity index (χ0n) is 13.5. The quantitative estimate of drug-likeness (QED) is 0.309. The number of aryl methyl sites for hydroxylation is 1. The molecule has 26 heavy (non-hydrogen) atoms. The van der Waals surface area contributed by atoms with Crippen molar-refractivity contribution >= 4 is 27.5 Å². The van der Waals surface area contributed by atoms with Gasteiger partial charge in [0.25, 0.3) is 5.78 Å². The maximum absolute atomic E-state index is 13.6. The van der Waals surface area contributed by atoms with Crippen LogP contribution in [0.1, 0.15) is 27.2 Å². The summed E-state index contributed by atoms with van der Waals surface area (Å²) in [5.41, 5.74) is -2.07. The summed E-state index contributed by atoms with van der Waals surface area (Å²) >= 11 is 0. The number of hydrogen-bond donors (Lipinski definition) is 0. The molecule has 8 heteroatoms. The Bertz CT molecular complexity index is 1050. The molecule has 136 valence electrons. The van der Waals surface area contributed by atoms with Gasteiger partial charge in [0.1, 0.15) is 0 Å². The molecule has 3 aromatic rings. The van der Waals surface area contributed by atoms with Gasteiger partial charge in [-0.15, -0.1) is 0 Å². The van der Waals surface area contributed by atoms with Gasteiger partial charge in [0.15, 0.2) is 0 Å². The highest BCUT2D eigenvalue weighted by atomic mass is 19.4. The highest BCUT2D eigenvalue weighted by molar-refractivity contribution is 6.18. The van der Waals surface area contributed by atoms with Gasteiger partial charge in [-0.3, -0.25) is 9.78 Å². The molecular weight excluding hydrogens is 360 g/mol. The van der Waals surface area contributed by atoms with E-state index in [9.17, 15) is 31.1 Å². The molecule has 1 heterocycles. The first-order valence-corrected chi connectivity index (χ1v) is 7.44. The minimum absolute atomic E-state index is 0.0613. The number of carbonyl (C=O) groups is 1. The fourth-order valence-electron chi connectivity index (χ4n) is 3.01. The van der Waals surface area contributed by atoms with Crippen LogP contribution in [0.2, 0.25) is 0 Å². The molecular formula is C18H11F6NO.